The van der Waals surface area contributed by atoms with Gasteiger partial charge in [-0.2, -0.15) is 0 Å². The Hall–Kier alpha value is -0.960. The minimum atomic E-state index is -0.0865. The minimum absolute atomic E-state index is 0.0865. The molecule has 0 spiro atoms. The number of carbonyl (C=O) groups is 1. The smallest absolute Gasteiger partial charge is 0.132 e. The lowest BCUT2D eigenvalue weighted by Crippen LogP contribution is -1.97. The summed E-state index contributed by atoms with van der Waals surface area (Å²) in [5.41, 5.74) is 0.966. The Labute approximate surface area is 89.7 Å². The van der Waals surface area contributed by atoms with Crippen molar-refractivity contribution in [3.05, 3.63) is 23.8 Å². The molecule has 1 unspecified atom stereocenters. The summed E-state index contributed by atoms with van der Waals surface area (Å²) in [6, 6.07) is 5.61. The van der Waals surface area contributed by atoms with Gasteiger partial charge in [-0.25, -0.2) is 0 Å². The first-order valence-electron chi connectivity index (χ1n) is 4.60. The summed E-state index contributed by atoms with van der Waals surface area (Å²) in [6.45, 7) is 4.40. The number of hydrogen-bond acceptors (Lipinski definition) is 3. The van der Waals surface area contributed by atoms with E-state index in [-0.39, 0.29) is 5.92 Å². The highest BCUT2D eigenvalue weighted by Crippen LogP contribution is 2.26. The highest BCUT2D eigenvalue weighted by Gasteiger charge is 2.06. The van der Waals surface area contributed by atoms with E-state index in [0.29, 0.717) is 6.61 Å². The first-order chi connectivity index (χ1) is 6.69. The van der Waals surface area contributed by atoms with E-state index in [2.05, 4.69) is 12.6 Å². The average Bonchev–Trinajstić information content (AvgIpc) is 2.20. The summed E-state index contributed by atoms with van der Waals surface area (Å²) in [5.74, 6) is 0.675. The lowest BCUT2D eigenvalue weighted by molar-refractivity contribution is -0.108. The number of rotatable bonds is 4. The third kappa shape index (κ3) is 2.51. The van der Waals surface area contributed by atoms with E-state index in [1.165, 1.54) is 0 Å². The molecule has 1 rings (SSSR count). The molecular formula is C11H14O2S. The number of benzene rings is 1. The van der Waals surface area contributed by atoms with Crippen molar-refractivity contribution in [2.45, 2.75) is 24.7 Å². The van der Waals surface area contributed by atoms with Gasteiger partial charge in [0.25, 0.3) is 0 Å². The molecule has 0 fully saturated rings. The lowest BCUT2D eigenvalue weighted by Gasteiger charge is -2.09. The van der Waals surface area contributed by atoms with Crippen LogP contribution >= 0.6 is 12.6 Å². The second kappa shape index (κ2) is 5.05. The van der Waals surface area contributed by atoms with E-state index in [1.807, 2.05) is 32.0 Å². The van der Waals surface area contributed by atoms with Crippen LogP contribution in [0.3, 0.4) is 0 Å². The van der Waals surface area contributed by atoms with Crippen LogP contribution in [-0.4, -0.2) is 12.9 Å². The molecule has 0 aliphatic heterocycles. The monoisotopic (exact) mass is 210 g/mol. The Balaban J connectivity index is 2.93. The maximum Gasteiger partial charge on any atom is 0.132 e. The predicted octanol–water partition coefficient (Wildman–Crippen LogP) is 2.68. The zero-order valence-corrected chi connectivity index (χ0v) is 9.25. The number of carbonyl (C=O) groups excluding carboxylic acids is 1. The molecule has 1 aromatic carbocycles. The van der Waals surface area contributed by atoms with Crippen molar-refractivity contribution in [3.8, 4) is 5.75 Å². The van der Waals surface area contributed by atoms with Gasteiger partial charge in [-0.15, -0.1) is 12.6 Å². The Morgan fingerprint density at radius 1 is 1.57 bits per heavy atom. The molecule has 0 aliphatic carbocycles. The van der Waals surface area contributed by atoms with Crippen LogP contribution in [0.1, 0.15) is 25.3 Å². The van der Waals surface area contributed by atoms with E-state index in [9.17, 15) is 4.79 Å². The highest BCUT2D eigenvalue weighted by atomic mass is 32.1. The summed E-state index contributed by atoms with van der Waals surface area (Å²) < 4.78 is 5.34. The van der Waals surface area contributed by atoms with Gasteiger partial charge in [0.1, 0.15) is 12.0 Å². The molecule has 0 aromatic heterocycles. The molecule has 14 heavy (non-hydrogen) atoms. The van der Waals surface area contributed by atoms with E-state index in [0.717, 1.165) is 22.5 Å². The Kier molecular flexibility index (Phi) is 4.01. The number of ether oxygens (including phenoxy) is 1. The Morgan fingerprint density at radius 3 is 2.79 bits per heavy atom. The van der Waals surface area contributed by atoms with Crippen LogP contribution in [0.25, 0.3) is 0 Å². The van der Waals surface area contributed by atoms with Crippen LogP contribution in [0, 0.1) is 0 Å². The Morgan fingerprint density at radius 2 is 2.29 bits per heavy atom. The van der Waals surface area contributed by atoms with Crippen LogP contribution in [0.4, 0.5) is 0 Å². The molecule has 0 aliphatic rings. The van der Waals surface area contributed by atoms with Gasteiger partial charge in [0, 0.05) is 10.8 Å². The van der Waals surface area contributed by atoms with Gasteiger partial charge >= 0.3 is 0 Å². The van der Waals surface area contributed by atoms with Crippen molar-refractivity contribution in [2.75, 3.05) is 6.61 Å². The van der Waals surface area contributed by atoms with Gasteiger partial charge in [0.05, 0.1) is 6.61 Å². The third-order valence-electron chi connectivity index (χ3n) is 2.01. The van der Waals surface area contributed by atoms with Gasteiger partial charge in [-0.3, -0.25) is 0 Å². The molecule has 0 N–H and O–H groups in total. The molecule has 0 radical (unpaired) electrons. The number of thiol groups is 1. The first kappa shape index (κ1) is 11.1. The second-order valence-corrected chi connectivity index (χ2v) is 3.57. The molecule has 2 nitrogen and oxygen atoms in total. The Bertz CT molecular complexity index is 323. The summed E-state index contributed by atoms with van der Waals surface area (Å²) >= 11 is 4.29. The van der Waals surface area contributed by atoms with E-state index in [1.54, 1.807) is 0 Å². The topological polar surface area (TPSA) is 26.3 Å². The van der Waals surface area contributed by atoms with Gasteiger partial charge in [0.15, 0.2) is 0 Å². The summed E-state index contributed by atoms with van der Waals surface area (Å²) in [6.07, 6.45) is 0.920. The van der Waals surface area contributed by atoms with Crippen LogP contribution in [-0.2, 0) is 4.79 Å². The second-order valence-electron chi connectivity index (χ2n) is 3.08. The zero-order valence-electron chi connectivity index (χ0n) is 8.36. The molecule has 3 heteroatoms. The fourth-order valence-electron chi connectivity index (χ4n) is 1.17. The molecule has 0 heterocycles. The van der Waals surface area contributed by atoms with Crippen molar-refractivity contribution in [1.29, 1.82) is 0 Å². The number of hydrogen-bond donors (Lipinski definition) is 1. The molecule has 1 atom stereocenters. The minimum Gasteiger partial charge on any atom is -0.493 e. The molecular weight excluding hydrogens is 196 g/mol. The third-order valence-corrected chi connectivity index (χ3v) is 2.36. The fourth-order valence-corrected chi connectivity index (χ4v) is 1.46. The van der Waals surface area contributed by atoms with Crippen LogP contribution in [0.15, 0.2) is 23.1 Å². The number of aldehydes is 1. The van der Waals surface area contributed by atoms with Crippen LogP contribution in [0.2, 0.25) is 0 Å². The zero-order chi connectivity index (χ0) is 10.6. The lowest BCUT2D eigenvalue weighted by atomic mass is 10.0. The fraction of sp³-hybridized carbons (Fsp3) is 0.364. The van der Waals surface area contributed by atoms with Gasteiger partial charge in [0.2, 0.25) is 0 Å². The highest BCUT2D eigenvalue weighted by molar-refractivity contribution is 7.80. The largest absolute Gasteiger partial charge is 0.493 e. The van der Waals surface area contributed by atoms with Gasteiger partial charge in [-0.1, -0.05) is 13.0 Å². The molecule has 76 valence electrons. The molecule has 0 saturated heterocycles. The van der Waals surface area contributed by atoms with E-state index in [4.69, 9.17) is 4.74 Å². The molecule has 1 aromatic rings. The van der Waals surface area contributed by atoms with Crippen LogP contribution < -0.4 is 4.74 Å². The maximum absolute atomic E-state index is 10.6. The van der Waals surface area contributed by atoms with E-state index < -0.39 is 0 Å². The summed E-state index contributed by atoms with van der Waals surface area (Å²) in [4.78, 5) is 11.3. The van der Waals surface area contributed by atoms with Gasteiger partial charge in [-0.05, 0) is 24.6 Å². The standard InChI is InChI=1S/C11H14O2S/c1-3-13-10-5-4-9(6-11(10)14)8(2)7-12/h4-8,14H,3H2,1-2H3. The van der Waals surface area contributed by atoms with Crippen molar-refractivity contribution < 1.29 is 9.53 Å². The van der Waals surface area contributed by atoms with Crippen LogP contribution in [0.5, 0.6) is 5.75 Å². The van der Waals surface area contributed by atoms with E-state index >= 15 is 0 Å². The SMILES string of the molecule is CCOc1ccc(C(C)C=O)cc1S. The summed E-state index contributed by atoms with van der Waals surface area (Å²) in [5, 5.41) is 0. The van der Waals surface area contributed by atoms with Crippen molar-refractivity contribution in [2.24, 2.45) is 0 Å². The first-order valence-corrected chi connectivity index (χ1v) is 5.04. The predicted molar refractivity (Wildman–Crippen MR) is 59.3 cm³/mol. The molecule has 0 bridgehead atoms. The molecule has 0 saturated carbocycles. The maximum atomic E-state index is 10.6. The normalized spacial score (nSPS) is 12.2. The van der Waals surface area contributed by atoms with Crippen molar-refractivity contribution in [3.63, 3.8) is 0 Å². The quantitative estimate of drug-likeness (QED) is 0.611. The van der Waals surface area contributed by atoms with Crippen molar-refractivity contribution >= 4 is 18.9 Å². The van der Waals surface area contributed by atoms with Crippen molar-refractivity contribution in [1.82, 2.24) is 0 Å². The summed E-state index contributed by atoms with van der Waals surface area (Å²) in [7, 11) is 0. The molecule has 0 amide bonds. The van der Waals surface area contributed by atoms with Gasteiger partial charge < -0.3 is 9.53 Å². The average molecular weight is 210 g/mol.